The summed E-state index contributed by atoms with van der Waals surface area (Å²) >= 11 is 0. The summed E-state index contributed by atoms with van der Waals surface area (Å²) < 4.78 is 5.58. The van der Waals surface area contributed by atoms with Gasteiger partial charge in [-0.05, 0) is 30.7 Å². The van der Waals surface area contributed by atoms with Gasteiger partial charge in [0, 0.05) is 18.7 Å². The summed E-state index contributed by atoms with van der Waals surface area (Å²) in [5, 5.41) is 11.7. The van der Waals surface area contributed by atoms with Crippen LogP contribution in [0.25, 0.3) is 0 Å². The summed E-state index contributed by atoms with van der Waals surface area (Å²) in [5.74, 6) is -0.858. The molecule has 3 rings (SSSR count). The third-order valence-corrected chi connectivity index (χ3v) is 4.27. The number of benzene rings is 2. The summed E-state index contributed by atoms with van der Waals surface area (Å²) in [4.78, 5) is 37.3. The fraction of sp³-hybridized carbons (Fsp3) is 0.250. The van der Waals surface area contributed by atoms with Gasteiger partial charge in [-0.2, -0.15) is 0 Å². The minimum atomic E-state index is -0.971. The third-order valence-electron chi connectivity index (χ3n) is 4.27. The molecule has 7 nitrogen and oxygen atoms in total. The Labute approximate surface area is 156 Å². The first-order valence-corrected chi connectivity index (χ1v) is 8.62. The van der Waals surface area contributed by atoms with Crippen molar-refractivity contribution in [3.05, 3.63) is 54.1 Å². The van der Waals surface area contributed by atoms with Crippen molar-refractivity contribution in [2.24, 2.45) is 0 Å². The lowest BCUT2D eigenvalue weighted by Gasteiger charge is -2.32. The summed E-state index contributed by atoms with van der Waals surface area (Å²) in [6.45, 7) is 1.88. The van der Waals surface area contributed by atoms with Gasteiger partial charge >= 0.3 is 5.97 Å². The van der Waals surface area contributed by atoms with Crippen molar-refractivity contribution in [2.45, 2.75) is 25.9 Å². The number of amides is 2. The molecule has 0 bridgehead atoms. The molecule has 1 atom stereocenters. The fourth-order valence-corrected chi connectivity index (χ4v) is 2.97. The van der Waals surface area contributed by atoms with E-state index in [0.717, 1.165) is 0 Å². The smallest absolute Gasteiger partial charge is 0.307 e. The topological polar surface area (TPSA) is 95.9 Å². The van der Waals surface area contributed by atoms with Crippen LogP contribution in [0.5, 0.6) is 5.75 Å². The van der Waals surface area contributed by atoms with Gasteiger partial charge in [-0.25, -0.2) is 0 Å². The van der Waals surface area contributed by atoms with E-state index < -0.39 is 12.1 Å². The Kier molecular flexibility index (Phi) is 5.40. The number of hydrogen-bond donors (Lipinski definition) is 2. The highest BCUT2D eigenvalue weighted by atomic mass is 16.5. The SMILES string of the molecule is CC1Oc2ccccc2N(CCC(=O)Nc2ccccc2CC(=O)O)C1=O. The van der Waals surface area contributed by atoms with Crippen LogP contribution in [0, 0.1) is 0 Å². The first kappa shape index (κ1) is 18.4. The third kappa shape index (κ3) is 4.25. The highest BCUT2D eigenvalue weighted by molar-refractivity contribution is 6.01. The number of rotatable bonds is 6. The average molecular weight is 368 g/mol. The average Bonchev–Trinajstić information content (AvgIpc) is 2.63. The van der Waals surface area contributed by atoms with Crippen molar-refractivity contribution in [3.63, 3.8) is 0 Å². The van der Waals surface area contributed by atoms with Crippen molar-refractivity contribution in [1.29, 1.82) is 0 Å². The largest absolute Gasteiger partial charge is 0.481 e. The number of nitrogens with one attached hydrogen (secondary N) is 1. The van der Waals surface area contributed by atoms with E-state index in [9.17, 15) is 14.4 Å². The zero-order chi connectivity index (χ0) is 19.4. The van der Waals surface area contributed by atoms with E-state index in [1.807, 2.05) is 6.07 Å². The summed E-state index contributed by atoms with van der Waals surface area (Å²) in [5.41, 5.74) is 1.63. The van der Waals surface area contributed by atoms with Gasteiger partial charge in [0.2, 0.25) is 5.91 Å². The van der Waals surface area contributed by atoms with Crippen molar-refractivity contribution in [2.75, 3.05) is 16.8 Å². The van der Waals surface area contributed by atoms with Crippen LogP contribution in [0.2, 0.25) is 0 Å². The zero-order valence-electron chi connectivity index (χ0n) is 14.8. The Hall–Kier alpha value is -3.35. The Morgan fingerprint density at radius 3 is 2.63 bits per heavy atom. The Balaban J connectivity index is 1.68. The highest BCUT2D eigenvalue weighted by Crippen LogP contribution is 2.33. The van der Waals surface area contributed by atoms with Gasteiger partial charge in [0.1, 0.15) is 5.75 Å². The minimum Gasteiger partial charge on any atom is -0.481 e. The van der Waals surface area contributed by atoms with Crippen LogP contribution in [0.3, 0.4) is 0 Å². The highest BCUT2D eigenvalue weighted by Gasteiger charge is 2.31. The second-order valence-corrected chi connectivity index (χ2v) is 6.24. The normalized spacial score (nSPS) is 15.7. The van der Waals surface area contributed by atoms with E-state index in [0.29, 0.717) is 22.7 Å². The molecule has 2 amide bonds. The Morgan fingerprint density at radius 2 is 1.85 bits per heavy atom. The quantitative estimate of drug-likeness (QED) is 0.817. The van der Waals surface area contributed by atoms with Crippen molar-refractivity contribution in [1.82, 2.24) is 0 Å². The van der Waals surface area contributed by atoms with Crippen LogP contribution in [0.15, 0.2) is 48.5 Å². The Morgan fingerprint density at radius 1 is 1.15 bits per heavy atom. The second-order valence-electron chi connectivity index (χ2n) is 6.24. The minimum absolute atomic E-state index is 0.0776. The van der Waals surface area contributed by atoms with E-state index in [1.165, 1.54) is 0 Å². The molecular formula is C20H20N2O5. The number of aliphatic carboxylic acids is 1. The molecule has 27 heavy (non-hydrogen) atoms. The molecule has 1 unspecified atom stereocenters. The number of para-hydroxylation sites is 3. The predicted octanol–water partition coefficient (Wildman–Crippen LogP) is 2.46. The number of carboxylic acid groups (broad SMARTS) is 1. The van der Waals surface area contributed by atoms with Gasteiger partial charge in [0.25, 0.3) is 5.91 Å². The molecule has 0 radical (unpaired) electrons. The van der Waals surface area contributed by atoms with Crippen LogP contribution < -0.4 is 15.0 Å². The maximum Gasteiger partial charge on any atom is 0.307 e. The summed E-state index contributed by atoms with van der Waals surface area (Å²) in [6.07, 6.45) is -0.712. The zero-order valence-corrected chi connectivity index (χ0v) is 14.8. The molecule has 2 aromatic rings. The van der Waals surface area contributed by atoms with Crippen LogP contribution in [0.4, 0.5) is 11.4 Å². The number of carboxylic acids is 1. The van der Waals surface area contributed by atoms with Crippen molar-refractivity contribution < 1.29 is 24.2 Å². The van der Waals surface area contributed by atoms with Gasteiger partial charge in [-0.1, -0.05) is 30.3 Å². The lowest BCUT2D eigenvalue weighted by molar-refractivity contribution is -0.136. The van der Waals surface area contributed by atoms with Crippen LogP contribution in [-0.4, -0.2) is 35.5 Å². The van der Waals surface area contributed by atoms with Crippen molar-refractivity contribution in [3.8, 4) is 5.75 Å². The standard InChI is InChI=1S/C20H20N2O5/c1-13-20(26)22(16-8-4-5-9-17(16)27-13)11-10-18(23)21-15-7-3-2-6-14(15)12-19(24)25/h2-9,13H,10-12H2,1H3,(H,21,23)(H,24,25). The molecule has 2 aromatic carbocycles. The molecule has 0 saturated carbocycles. The number of carbonyl (C=O) groups excluding carboxylic acids is 2. The van der Waals surface area contributed by atoms with Gasteiger partial charge in [-0.3, -0.25) is 14.4 Å². The first-order chi connectivity index (χ1) is 13.0. The molecule has 0 aliphatic carbocycles. The molecule has 0 spiro atoms. The number of nitrogens with zero attached hydrogens (tertiary/aromatic N) is 1. The lowest BCUT2D eigenvalue weighted by Crippen LogP contribution is -2.45. The Bertz CT molecular complexity index is 880. The predicted molar refractivity (Wildman–Crippen MR) is 99.9 cm³/mol. The lowest BCUT2D eigenvalue weighted by atomic mass is 10.1. The molecule has 1 heterocycles. The summed E-state index contributed by atoms with van der Waals surface area (Å²) in [6, 6.07) is 14.0. The van der Waals surface area contributed by atoms with Gasteiger partial charge in [0.05, 0.1) is 12.1 Å². The number of fused-ring (bicyclic) bond motifs is 1. The number of carbonyl (C=O) groups is 3. The molecule has 2 N–H and O–H groups in total. The molecule has 140 valence electrons. The van der Waals surface area contributed by atoms with E-state index in [2.05, 4.69) is 5.32 Å². The van der Waals surface area contributed by atoms with Crippen molar-refractivity contribution >= 4 is 29.2 Å². The molecule has 0 saturated heterocycles. The van der Waals surface area contributed by atoms with E-state index in [4.69, 9.17) is 9.84 Å². The molecule has 0 fully saturated rings. The molecule has 1 aliphatic rings. The van der Waals surface area contributed by atoms with Gasteiger partial charge in [0.15, 0.2) is 6.10 Å². The van der Waals surface area contributed by atoms with Gasteiger partial charge < -0.3 is 20.1 Å². The first-order valence-electron chi connectivity index (χ1n) is 8.62. The molecule has 7 heteroatoms. The van der Waals surface area contributed by atoms with E-state index >= 15 is 0 Å². The van der Waals surface area contributed by atoms with Crippen LogP contribution in [-0.2, 0) is 20.8 Å². The van der Waals surface area contributed by atoms with Crippen LogP contribution in [0.1, 0.15) is 18.9 Å². The van der Waals surface area contributed by atoms with Crippen LogP contribution >= 0.6 is 0 Å². The number of anilines is 2. The number of ether oxygens (including phenoxy) is 1. The maximum atomic E-state index is 12.4. The molecular weight excluding hydrogens is 348 g/mol. The van der Waals surface area contributed by atoms with E-state index in [1.54, 1.807) is 54.3 Å². The van der Waals surface area contributed by atoms with Gasteiger partial charge in [-0.15, -0.1) is 0 Å². The molecule has 0 aromatic heterocycles. The monoisotopic (exact) mass is 368 g/mol. The van der Waals surface area contributed by atoms with E-state index in [-0.39, 0.29) is 31.2 Å². The number of hydrogen-bond acceptors (Lipinski definition) is 4. The molecule has 1 aliphatic heterocycles. The second kappa shape index (κ2) is 7.90. The fourth-order valence-electron chi connectivity index (χ4n) is 2.97. The summed E-state index contributed by atoms with van der Waals surface area (Å²) in [7, 11) is 0. The maximum absolute atomic E-state index is 12.4.